The topological polar surface area (TPSA) is 64.1 Å². The van der Waals surface area contributed by atoms with E-state index in [1.807, 2.05) is 30.3 Å². The first kappa shape index (κ1) is 16.7. The van der Waals surface area contributed by atoms with Gasteiger partial charge < -0.3 is 10.1 Å². The normalized spacial score (nSPS) is 18.2. The highest BCUT2D eigenvalue weighted by atomic mass is 79.9. The van der Waals surface area contributed by atoms with Crippen LogP contribution in [-0.4, -0.2) is 15.9 Å². The van der Waals surface area contributed by atoms with Gasteiger partial charge in [-0.05, 0) is 42.2 Å². The van der Waals surface area contributed by atoms with Crippen LogP contribution in [0.5, 0.6) is 11.6 Å². The van der Waals surface area contributed by atoms with Crippen LogP contribution in [0.2, 0.25) is 0 Å². The molecule has 0 aliphatic heterocycles. The van der Waals surface area contributed by atoms with Gasteiger partial charge in [0.2, 0.25) is 11.8 Å². The van der Waals surface area contributed by atoms with Crippen molar-refractivity contribution in [2.45, 2.75) is 12.3 Å². The smallest absolute Gasteiger partial charge is 0.237 e. The molecule has 6 heteroatoms. The SMILES string of the molecule is O=C(Nc1cccc(Oc2cnccn2)c1)C1CC1c1ccc(Br)cc1. The highest BCUT2D eigenvalue weighted by Crippen LogP contribution is 2.48. The second-order valence-electron chi connectivity index (χ2n) is 6.16. The predicted molar refractivity (Wildman–Crippen MR) is 102 cm³/mol. The lowest BCUT2D eigenvalue weighted by molar-refractivity contribution is -0.117. The summed E-state index contributed by atoms with van der Waals surface area (Å²) < 4.78 is 6.69. The van der Waals surface area contributed by atoms with Gasteiger partial charge in [0.15, 0.2) is 0 Å². The molecule has 130 valence electrons. The van der Waals surface area contributed by atoms with E-state index < -0.39 is 0 Å². The number of carbonyl (C=O) groups excluding carboxylic acids is 1. The third-order valence-electron chi connectivity index (χ3n) is 4.29. The van der Waals surface area contributed by atoms with E-state index in [1.54, 1.807) is 18.5 Å². The lowest BCUT2D eigenvalue weighted by Crippen LogP contribution is -2.14. The third-order valence-corrected chi connectivity index (χ3v) is 4.82. The maximum atomic E-state index is 12.5. The molecular weight excluding hydrogens is 394 g/mol. The Balaban J connectivity index is 1.39. The molecule has 1 fully saturated rings. The van der Waals surface area contributed by atoms with Crippen LogP contribution in [0, 0.1) is 5.92 Å². The monoisotopic (exact) mass is 409 g/mol. The Kier molecular flexibility index (Phi) is 4.67. The number of benzene rings is 2. The van der Waals surface area contributed by atoms with E-state index in [0.717, 1.165) is 10.9 Å². The zero-order valence-corrected chi connectivity index (χ0v) is 15.4. The van der Waals surface area contributed by atoms with Crippen LogP contribution in [0.15, 0.2) is 71.6 Å². The van der Waals surface area contributed by atoms with Gasteiger partial charge in [-0.3, -0.25) is 9.78 Å². The Morgan fingerprint density at radius 1 is 1.15 bits per heavy atom. The average molecular weight is 410 g/mol. The molecule has 3 aromatic rings. The van der Waals surface area contributed by atoms with Gasteiger partial charge in [-0.2, -0.15) is 0 Å². The number of aromatic nitrogens is 2. The fraction of sp³-hybridized carbons (Fsp3) is 0.150. The molecule has 2 atom stereocenters. The van der Waals surface area contributed by atoms with E-state index in [0.29, 0.717) is 23.2 Å². The van der Waals surface area contributed by atoms with E-state index in [-0.39, 0.29) is 11.8 Å². The molecule has 1 heterocycles. The van der Waals surface area contributed by atoms with Crippen molar-refractivity contribution in [2.24, 2.45) is 5.92 Å². The van der Waals surface area contributed by atoms with Crippen molar-refractivity contribution < 1.29 is 9.53 Å². The highest BCUT2D eigenvalue weighted by Gasteiger charge is 2.43. The van der Waals surface area contributed by atoms with Crippen molar-refractivity contribution in [1.29, 1.82) is 0 Å². The number of hydrogen-bond donors (Lipinski definition) is 1. The van der Waals surface area contributed by atoms with E-state index >= 15 is 0 Å². The third kappa shape index (κ3) is 3.91. The van der Waals surface area contributed by atoms with Crippen LogP contribution in [0.4, 0.5) is 5.69 Å². The second-order valence-corrected chi connectivity index (χ2v) is 7.08. The van der Waals surface area contributed by atoms with E-state index in [2.05, 4.69) is 43.3 Å². The number of anilines is 1. The second kappa shape index (κ2) is 7.25. The van der Waals surface area contributed by atoms with Crippen LogP contribution in [0.25, 0.3) is 0 Å². The number of amides is 1. The Hall–Kier alpha value is -2.73. The number of ether oxygens (including phenoxy) is 1. The first-order valence-corrected chi connectivity index (χ1v) is 9.08. The molecular formula is C20H16BrN3O2. The van der Waals surface area contributed by atoms with Crippen molar-refractivity contribution in [3.63, 3.8) is 0 Å². The van der Waals surface area contributed by atoms with E-state index in [4.69, 9.17) is 4.74 Å². The standard InChI is InChI=1S/C20H16BrN3O2/c21-14-6-4-13(5-7-14)17-11-18(17)20(25)24-15-2-1-3-16(10-15)26-19-12-22-8-9-23-19/h1-10,12,17-18H,11H2,(H,24,25). The van der Waals surface area contributed by atoms with Gasteiger partial charge in [0.25, 0.3) is 0 Å². The summed E-state index contributed by atoms with van der Waals surface area (Å²) in [4.78, 5) is 20.6. The largest absolute Gasteiger partial charge is 0.437 e. The van der Waals surface area contributed by atoms with Gasteiger partial charge in [0, 0.05) is 34.5 Å². The first-order valence-electron chi connectivity index (χ1n) is 8.29. The Bertz CT molecular complexity index is 916. The van der Waals surface area contributed by atoms with Gasteiger partial charge in [-0.25, -0.2) is 4.98 Å². The molecule has 2 aromatic carbocycles. The fourth-order valence-corrected chi connectivity index (χ4v) is 3.16. The van der Waals surface area contributed by atoms with Gasteiger partial charge >= 0.3 is 0 Å². The molecule has 1 aromatic heterocycles. The number of halogens is 1. The molecule has 1 saturated carbocycles. The summed E-state index contributed by atoms with van der Waals surface area (Å²) in [7, 11) is 0. The minimum atomic E-state index is 0.0146. The van der Waals surface area contributed by atoms with Crippen LogP contribution >= 0.6 is 15.9 Å². The highest BCUT2D eigenvalue weighted by molar-refractivity contribution is 9.10. The lowest BCUT2D eigenvalue weighted by Gasteiger charge is -2.08. The number of carbonyl (C=O) groups is 1. The number of nitrogens with zero attached hydrogens (tertiary/aromatic N) is 2. The van der Waals surface area contributed by atoms with Crippen molar-refractivity contribution >= 4 is 27.5 Å². The van der Waals surface area contributed by atoms with Crippen LogP contribution in [0.1, 0.15) is 17.9 Å². The van der Waals surface area contributed by atoms with Crippen molar-refractivity contribution in [1.82, 2.24) is 9.97 Å². The molecule has 1 aliphatic carbocycles. The molecule has 0 bridgehead atoms. The molecule has 26 heavy (non-hydrogen) atoms. The molecule has 0 radical (unpaired) electrons. The van der Waals surface area contributed by atoms with Crippen molar-refractivity contribution in [2.75, 3.05) is 5.32 Å². The van der Waals surface area contributed by atoms with Gasteiger partial charge in [-0.15, -0.1) is 0 Å². The van der Waals surface area contributed by atoms with E-state index in [1.165, 1.54) is 11.8 Å². The summed E-state index contributed by atoms with van der Waals surface area (Å²) in [5.74, 6) is 1.36. The average Bonchev–Trinajstić information content (AvgIpc) is 3.44. The zero-order valence-electron chi connectivity index (χ0n) is 13.8. The molecule has 1 aliphatic rings. The zero-order chi connectivity index (χ0) is 17.9. The summed E-state index contributed by atoms with van der Waals surface area (Å²) in [5.41, 5.74) is 1.91. The van der Waals surface area contributed by atoms with Crippen LogP contribution < -0.4 is 10.1 Å². The van der Waals surface area contributed by atoms with E-state index in [9.17, 15) is 4.79 Å². The molecule has 1 amide bonds. The van der Waals surface area contributed by atoms with Gasteiger partial charge in [0.1, 0.15) is 5.75 Å². The minimum absolute atomic E-state index is 0.0146. The Labute approximate surface area is 159 Å². The van der Waals surface area contributed by atoms with Crippen molar-refractivity contribution in [3.8, 4) is 11.6 Å². The molecule has 0 spiro atoms. The fourth-order valence-electron chi connectivity index (χ4n) is 2.89. The summed E-state index contributed by atoms with van der Waals surface area (Å²) >= 11 is 3.43. The number of rotatable bonds is 5. The minimum Gasteiger partial charge on any atom is -0.437 e. The summed E-state index contributed by atoms with van der Waals surface area (Å²) in [6, 6.07) is 15.4. The summed E-state index contributed by atoms with van der Waals surface area (Å²) in [6.07, 6.45) is 5.57. The molecule has 4 rings (SSSR count). The Morgan fingerprint density at radius 2 is 2.00 bits per heavy atom. The number of nitrogens with one attached hydrogen (secondary N) is 1. The lowest BCUT2D eigenvalue weighted by atomic mass is 10.1. The molecule has 2 unspecified atom stereocenters. The molecule has 1 N–H and O–H groups in total. The van der Waals surface area contributed by atoms with Crippen LogP contribution in [0.3, 0.4) is 0 Å². The summed E-state index contributed by atoms with van der Waals surface area (Å²) in [6.45, 7) is 0. The molecule has 0 saturated heterocycles. The van der Waals surface area contributed by atoms with Crippen LogP contribution in [-0.2, 0) is 4.79 Å². The maximum Gasteiger partial charge on any atom is 0.237 e. The van der Waals surface area contributed by atoms with Gasteiger partial charge in [-0.1, -0.05) is 34.1 Å². The Morgan fingerprint density at radius 3 is 2.77 bits per heavy atom. The summed E-state index contributed by atoms with van der Waals surface area (Å²) in [5, 5.41) is 2.98. The quantitative estimate of drug-likeness (QED) is 0.658. The predicted octanol–water partition coefficient (Wildman–Crippen LogP) is 4.77. The van der Waals surface area contributed by atoms with Crippen molar-refractivity contribution in [3.05, 3.63) is 77.2 Å². The van der Waals surface area contributed by atoms with Gasteiger partial charge in [0.05, 0.1) is 6.20 Å². The maximum absolute atomic E-state index is 12.5. The first-order chi connectivity index (χ1) is 12.7. The molecule has 5 nitrogen and oxygen atoms in total. The number of hydrogen-bond acceptors (Lipinski definition) is 4.